The van der Waals surface area contributed by atoms with Crippen molar-refractivity contribution in [2.24, 2.45) is 11.8 Å². The predicted octanol–water partition coefficient (Wildman–Crippen LogP) is 6.81. The number of amides is 1. The number of nitrogens with one attached hydrogen (secondary N) is 1. The molecule has 1 aromatic carbocycles. The molecule has 4 rings (SSSR count). The van der Waals surface area contributed by atoms with Crippen LogP contribution in [0.15, 0.2) is 54.0 Å². The van der Waals surface area contributed by atoms with Gasteiger partial charge in [-0.05, 0) is 55.9 Å². The topological polar surface area (TPSA) is 54.9 Å². The van der Waals surface area contributed by atoms with E-state index in [2.05, 4.69) is 17.2 Å². The van der Waals surface area contributed by atoms with E-state index >= 15 is 0 Å². The standard InChI is InChI=1S/C25H29N3OS/c1-2-3-7-18-11-13-19(14-12-18)24(29)27-21-9-6-8-20(16-21)23-17-30-25(28-23)22-10-4-5-15-26-22/h4-6,8-10,15-19H,2-3,7,11-14H2,1H3,(H,27,29). The Morgan fingerprint density at radius 3 is 2.73 bits per heavy atom. The highest BCUT2D eigenvalue weighted by Gasteiger charge is 2.26. The Balaban J connectivity index is 1.38. The number of carbonyl (C=O) groups excluding carboxylic acids is 1. The van der Waals surface area contributed by atoms with Gasteiger partial charge >= 0.3 is 0 Å². The van der Waals surface area contributed by atoms with Crippen LogP contribution in [0.3, 0.4) is 0 Å². The summed E-state index contributed by atoms with van der Waals surface area (Å²) in [5.41, 5.74) is 3.65. The molecular weight excluding hydrogens is 390 g/mol. The fourth-order valence-corrected chi connectivity index (χ4v) is 5.02. The molecule has 0 bridgehead atoms. The molecule has 0 aliphatic heterocycles. The minimum atomic E-state index is 0.140. The maximum atomic E-state index is 12.8. The van der Waals surface area contributed by atoms with Crippen molar-refractivity contribution < 1.29 is 4.79 Å². The molecule has 1 N–H and O–H groups in total. The van der Waals surface area contributed by atoms with Crippen LogP contribution in [0, 0.1) is 11.8 Å². The maximum absolute atomic E-state index is 12.8. The van der Waals surface area contributed by atoms with Gasteiger partial charge in [0.05, 0.1) is 11.4 Å². The number of aromatic nitrogens is 2. The second kappa shape index (κ2) is 9.98. The molecule has 2 aromatic heterocycles. The molecule has 1 amide bonds. The van der Waals surface area contributed by atoms with E-state index in [1.165, 1.54) is 32.1 Å². The molecule has 3 aromatic rings. The molecule has 4 nitrogen and oxygen atoms in total. The van der Waals surface area contributed by atoms with Gasteiger partial charge in [0, 0.05) is 28.7 Å². The van der Waals surface area contributed by atoms with Crippen molar-refractivity contribution in [3.63, 3.8) is 0 Å². The van der Waals surface area contributed by atoms with E-state index in [-0.39, 0.29) is 11.8 Å². The molecule has 1 saturated carbocycles. The lowest BCUT2D eigenvalue weighted by Gasteiger charge is -2.27. The van der Waals surface area contributed by atoms with Crippen molar-refractivity contribution in [1.29, 1.82) is 0 Å². The number of carbonyl (C=O) groups is 1. The Hall–Kier alpha value is -2.53. The Labute approximate surface area is 182 Å². The van der Waals surface area contributed by atoms with E-state index < -0.39 is 0 Å². The number of benzene rings is 1. The van der Waals surface area contributed by atoms with Crippen LogP contribution in [0.5, 0.6) is 0 Å². The number of thiazole rings is 1. The van der Waals surface area contributed by atoms with Gasteiger partial charge in [-0.25, -0.2) is 4.98 Å². The van der Waals surface area contributed by atoms with Gasteiger partial charge in [0.1, 0.15) is 5.01 Å². The third-order valence-corrected chi connectivity index (χ3v) is 6.86. The third-order valence-electron chi connectivity index (χ3n) is 6.00. The van der Waals surface area contributed by atoms with Gasteiger partial charge in [-0.2, -0.15) is 0 Å². The van der Waals surface area contributed by atoms with Gasteiger partial charge < -0.3 is 5.32 Å². The minimum absolute atomic E-state index is 0.140. The van der Waals surface area contributed by atoms with E-state index in [9.17, 15) is 4.79 Å². The highest BCUT2D eigenvalue weighted by atomic mass is 32.1. The SMILES string of the molecule is CCCCC1CCC(C(=O)Nc2cccc(-c3csc(-c4ccccn4)n3)c2)CC1. The number of rotatable bonds is 7. The molecule has 156 valence electrons. The lowest BCUT2D eigenvalue weighted by molar-refractivity contribution is -0.121. The first kappa shape index (κ1) is 20.7. The molecule has 0 saturated heterocycles. The molecule has 0 unspecified atom stereocenters. The molecule has 1 aliphatic carbocycles. The largest absolute Gasteiger partial charge is 0.326 e. The molecule has 0 spiro atoms. The van der Waals surface area contributed by atoms with E-state index in [0.717, 1.165) is 46.4 Å². The first-order chi connectivity index (χ1) is 14.7. The maximum Gasteiger partial charge on any atom is 0.227 e. The van der Waals surface area contributed by atoms with Gasteiger partial charge in [-0.15, -0.1) is 11.3 Å². The zero-order chi connectivity index (χ0) is 20.8. The van der Waals surface area contributed by atoms with Gasteiger partial charge in [0.2, 0.25) is 5.91 Å². The van der Waals surface area contributed by atoms with Crippen LogP contribution in [0.4, 0.5) is 5.69 Å². The van der Waals surface area contributed by atoms with E-state index in [4.69, 9.17) is 4.98 Å². The second-order valence-corrected chi connectivity index (χ2v) is 9.04. The van der Waals surface area contributed by atoms with Crippen molar-refractivity contribution in [2.75, 3.05) is 5.32 Å². The number of unbranched alkanes of at least 4 members (excludes halogenated alkanes) is 1. The van der Waals surface area contributed by atoms with E-state index in [1.54, 1.807) is 17.5 Å². The summed E-state index contributed by atoms with van der Waals surface area (Å²) in [5.74, 6) is 1.12. The number of pyridine rings is 1. The molecule has 1 fully saturated rings. The van der Waals surface area contributed by atoms with Gasteiger partial charge in [-0.1, -0.05) is 44.4 Å². The van der Waals surface area contributed by atoms with Crippen molar-refractivity contribution in [1.82, 2.24) is 9.97 Å². The smallest absolute Gasteiger partial charge is 0.227 e. The Morgan fingerprint density at radius 1 is 1.10 bits per heavy atom. The van der Waals surface area contributed by atoms with Crippen LogP contribution in [0.25, 0.3) is 22.0 Å². The van der Waals surface area contributed by atoms with E-state index in [1.807, 2.05) is 47.8 Å². The highest BCUT2D eigenvalue weighted by Crippen LogP contribution is 2.33. The van der Waals surface area contributed by atoms with Crippen LogP contribution >= 0.6 is 11.3 Å². The third kappa shape index (κ3) is 5.14. The van der Waals surface area contributed by atoms with Crippen LogP contribution in [-0.2, 0) is 4.79 Å². The fraction of sp³-hybridized carbons (Fsp3) is 0.400. The molecule has 5 heteroatoms. The van der Waals surface area contributed by atoms with Gasteiger partial charge in [-0.3, -0.25) is 9.78 Å². The van der Waals surface area contributed by atoms with Crippen LogP contribution in [0.1, 0.15) is 51.9 Å². The lowest BCUT2D eigenvalue weighted by atomic mass is 9.79. The normalized spacial score (nSPS) is 18.8. The summed E-state index contributed by atoms with van der Waals surface area (Å²) in [5, 5.41) is 6.09. The zero-order valence-corrected chi connectivity index (χ0v) is 18.3. The zero-order valence-electron chi connectivity index (χ0n) is 17.5. The Kier molecular flexibility index (Phi) is 6.90. The number of hydrogen-bond donors (Lipinski definition) is 1. The van der Waals surface area contributed by atoms with Gasteiger partial charge in [0.25, 0.3) is 0 Å². The first-order valence-electron chi connectivity index (χ1n) is 11.0. The highest BCUT2D eigenvalue weighted by molar-refractivity contribution is 7.13. The average Bonchev–Trinajstić information content (AvgIpc) is 3.29. The fourth-order valence-electron chi connectivity index (χ4n) is 4.22. The second-order valence-electron chi connectivity index (χ2n) is 8.18. The number of nitrogens with zero attached hydrogens (tertiary/aromatic N) is 2. The molecule has 30 heavy (non-hydrogen) atoms. The van der Waals surface area contributed by atoms with Crippen LogP contribution < -0.4 is 5.32 Å². The molecule has 0 atom stereocenters. The quantitative estimate of drug-likeness (QED) is 0.458. The summed E-state index contributed by atoms with van der Waals surface area (Å²) in [6, 6.07) is 13.8. The molecule has 0 radical (unpaired) electrons. The molecule has 2 heterocycles. The summed E-state index contributed by atoms with van der Waals surface area (Å²) in [7, 11) is 0. The number of anilines is 1. The number of hydrogen-bond acceptors (Lipinski definition) is 4. The van der Waals surface area contributed by atoms with E-state index in [0.29, 0.717) is 0 Å². The van der Waals surface area contributed by atoms with Crippen molar-refractivity contribution >= 4 is 22.9 Å². The predicted molar refractivity (Wildman–Crippen MR) is 124 cm³/mol. The van der Waals surface area contributed by atoms with Crippen LogP contribution in [-0.4, -0.2) is 15.9 Å². The van der Waals surface area contributed by atoms with Gasteiger partial charge in [0.15, 0.2) is 0 Å². The van der Waals surface area contributed by atoms with Crippen molar-refractivity contribution in [2.45, 2.75) is 51.9 Å². The molecule has 1 aliphatic rings. The van der Waals surface area contributed by atoms with Crippen molar-refractivity contribution in [3.05, 3.63) is 54.0 Å². The first-order valence-corrected chi connectivity index (χ1v) is 11.9. The van der Waals surface area contributed by atoms with Crippen molar-refractivity contribution in [3.8, 4) is 22.0 Å². The summed E-state index contributed by atoms with van der Waals surface area (Å²) in [6.45, 7) is 2.25. The molecular formula is C25H29N3OS. The summed E-state index contributed by atoms with van der Waals surface area (Å²) >= 11 is 1.58. The Morgan fingerprint density at radius 2 is 1.97 bits per heavy atom. The monoisotopic (exact) mass is 419 g/mol. The summed E-state index contributed by atoms with van der Waals surface area (Å²) in [4.78, 5) is 21.9. The van der Waals surface area contributed by atoms with Crippen LogP contribution in [0.2, 0.25) is 0 Å². The minimum Gasteiger partial charge on any atom is -0.326 e. The lowest BCUT2D eigenvalue weighted by Crippen LogP contribution is -2.27. The summed E-state index contributed by atoms with van der Waals surface area (Å²) < 4.78 is 0. The summed E-state index contributed by atoms with van der Waals surface area (Å²) in [6.07, 6.45) is 10.1. The Bertz CT molecular complexity index is 961. The average molecular weight is 420 g/mol.